The molecule has 0 atom stereocenters. The fourth-order valence-corrected chi connectivity index (χ4v) is 5.14. The van der Waals surface area contributed by atoms with Gasteiger partial charge < -0.3 is 14.2 Å². The Hall–Kier alpha value is -4.73. The smallest absolute Gasteiger partial charge is 0.215 e. The number of carbonyl (C=O) groups is 2. The first-order valence-corrected chi connectivity index (χ1v) is 14.2. The van der Waals surface area contributed by atoms with Gasteiger partial charge in [-0.2, -0.15) is 0 Å². The number of halogens is 1. The molecule has 8 nitrogen and oxygen atoms in total. The van der Waals surface area contributed by atoms with Crippen molar-refractivity contribution in [2.24, 2.45) is 0 Å². The molecule has 0 bridgehead atoms. The van der Waals surface area contributed by atoms with Crippen molar-refractivity contribution in [1.29, 1.82) is 0 Å². The Morgan fingerprint density at radius 1 is 0.977 bits per heavy atom. The van der Waals surface area contributed by atoms with Crippen molar-refractivity contribution in [3.05, 3.63) is 108 Å². The Morgan fingerprint density at radius 3 is 2.63 bits per heavy atom. The fourth-order valence-electron chi connectivity index (χ4n) is 5.14. The normalized spacial score (nSPS) is 15.6. The molecule has 4 aromatic rings. The van der Waals surface area contributed by atoms with Gasteiger partial charge in [-0.15, -0.1) is 0 Å². The molecular weight excluding hydrogens is 549 g/mol. The molecule has 0 unspecified atom stereocenters. The molecule has 1 saturated heterocycles. The molecule has 43 heavy (non-hydrogen) atoms. The van der Waals surface area contributed by atoms with Crippen molar-refractivity contribution in [3.8, 4) is 17.4 Å². The van der Waals surface area contributed by atoms with Crippen LogP contribution in [0.25, 0.3) is 16.5 Å². The monoisotopic (exact) mass is 579 g/mol. The Labute approximate surface area is 248 Å². The van der Waals surface area contributed by atoms with Crippen LogP contribution in [0.3, 0.4) is 0 Å². The molecular formula is C34H30FN3O5. The highest BCUT2D eigenvalue weighted by atomic mass is 19.1. The lowest BCUT2D eigenvalue weighted by molar-refractivity contribution is -0.118. The lowest BCUT2D eigenvalue weighted by atomic mass is 9.88. The minimum absolute atomic E-state index is 0.00297. The molecule has 0 radical (unpaired) electrons. The number of benzene rings is 2. The number of aromatic nitrogens is 2. The molecule has 3 heterocycles. The third-order valence-corrected chi connectivity index (χ3v) is 7.42. The predicted molar refractivity (Wildman–Crippen MR) is 160 cm³/mol. The number of hydrogen-bond acceptors (Lipinski definition) is 8. The SMILES string of the molecule is O=C(Cc1ccc(Oc2ccnc3cc(OCCN4CCOCC4)ncc23)c(F)c1)C1=CCC=C(c2ccccc2)C1=O. The van der Waals surface area contributed by atoms with Gasteiger partial charge in [0.15, 0.2) is 23.1 Å². The first-order valence-electron chi connectivity index (χ1n) is 14.2. The van der Waals surface area contributed by atoms with Gasteiger partial charge in [-0.25, -0.2) is 9.37 Å². The third-order valence-electron chi connectivity index (χ3n) is 7.42. The van der Waals surface area contributed by atoms with Gasteiger partial charge in [-0.05, 0) is 35.7 Å². The second-order valence-electron chi connectivity index (χ2n) is 10.3. The average Bonchev–Trinajstić information content (AvgIpc) is 3.03. The number of rotatable bonds is 10. The van der Waals surface area contributed by atoms with Crippen molar-refractivity contribution in [2.45, 2.75) is 12.8 Å². The third kappa shape index (κ3) is 6.69. The highest BCUT2D eigenvalue weighted by Crippen LogP contribution is 2.32. The number of fused-ring (bicyclic) bond motifs is 1. The van der Waals surface area contributed by atoms with E-state index in [-0.39, 0.29) is 29.3 Å². The average molecular weight is 580 g/mol. The molecule has 2 aromatic heterocycles. The highest BCUT2D eigenvalue weighted by molar-refractivity contribution is 6.39. The number of pyridine rings is 2. The van der Waals surface area contributed by atoms with Gasteiger partial charge in [0.05, 0.1) is 29.7 Å². The van der Waals surface area contributed by atoms with Crippen molar-refractivity contribution >= 4 is 28.0 Å². The molecule has 0 amide bonds. The van der Waals surface area contributed by atoms with E-state index in [0.29, 0.717) is 46.7 Å². The number of nitrogens with zero attached hydrogens (tertiary/aromatic N) is 3. The number of hydrogen-bond donors (Lipinski definition) is 0. The number of Topliss-reactive ketones (excluding diaryl/α,β-unsaturated/α-hetero) is 2. The van der Waals surface area contributed by atoms with Crippen molar-refractivity contribution in [1.82, 2.24) is 14.9 Å². The molecule has 1 aliphatic heterocycles. The first-order chi connectivity index (χ1) is 21.0. The van der Waals surface area contributed by atoms with Crippen LogP contribution in [0.2, 0.25) is 0 Å². The molecule has 218 valence electrons. The van der Waals surface area contributed by atoms with Crippen molar-refractivity contribution < 1.29 is 28.2 Å². The Bertz CT molecular complexity index is 1710. The number of allylic oxidation sites excluding steroid dienone is 4. The van der Waals surface area contributed by atoms with E-state index in [1.54, 1.807) is 36.7 Å². The summed E-state index contributed by atoms with van der Waals surface area (Å²) in [6.45, 7) is 4.50. The van der Waals surface area contributed by atoms with Crippen LogP contribution in [0.4, 0.5) is 4.39 Å². The van der Waals surface area contributed by atoms with Crippen LogP contribution < -0.4 is 9.47 Å². The van der Waals surface area contributed by atoms with E-state index in [1.807, 2.05) is 36.4 Å². The van der Waals surface area contributed by atoms with Crippen molar-refractivity contribution in [3.63, 3.8) is 0 Å². The molecule has 1 aliphatic carbocycles. The van der Waals surface area contributed by atoms with Crippen LogP contribution in [0.1, 0.15) is 17.5 Å². The minimum atomic E-state index is -0.625. The quantitative estimate of drug-likeness (QED) is 0.232. The lowest BCUT2D eigenvalue weighted by Gasteiger charge is -2.26. The van der Waals surface area contributed by atoms with Crippen LogP contribution in [0.5, 0.6) is 17.4 Å². The summed E-state index contributed by atoms with van der Waals surface area (Å²) in [5.74, 6) is -0.459. The maximum absolute atomic E-state index is 15.2. The number of carbonyl (C=O) groups excluding carboxylic acids is 2. The summed E-state index contributed by atoms with van der Waals surface area (Å²) in [6, 6.07) is 17.0. The molecule has 0 spiro atoms. The number of ketones is 2. The molecule has 2 aromatic carbocycles. The topological polar surface area (TPSA) is 90.8 Å². The summed E-state index contributed by atoms with van der Waals surface area (Å²) >= 11 is 0. The molecule has 0 N–H and O–H groups in total. The predicted octanol–water partition coefficient (Wildman–Crippen LogP) is 5.37. The van der Waals surface area contributed by atoms with Crippen LogP contribution in [-0.4, -0.2) is 65.9 Å². The highest BCUT2D eigenvalue weighted by Gasteiger charge is 2.25. The van der Waals surface area contributed by atoms with Crippen molar-refractivity contribution in [2.75, 3.05) is 39.5 Å². The van der Waals surface area contributed by atoms with Gasteiger partial charge >= 0.3 is 0 Å². The largest absolute Gasteiger partial charge is 0.476 e. The summed E-state index contributed by atoms with van der Waals surface area (Å²) in [4.78, 5) is 37.2. The van der Waals surface area contributed by atoms with Gasteiger partial charge in [0.1, 0.15) is 12.4 Å². The first kappa shape index (κ1) is 28.4. The number of morpholine rings is 1. The van der Waals surface area contributed by atoms with Gasteiger partial charge in [0.2, 0.25) is 5.88 Å². The van der Waals surface area contributed by atoms with Crippen LogP contribution >= 0.6 is 0 Å². The maximum Gasteiger partial charge on any atom is 0.215 e. The molecule has 9 heteroatoms. The minimum Gasteiger partial charge on any atom is -0.476 e. The lowest BCUT2D eigenvalue weighted by Crippen LogP contribution is -2.38. The molecule has 0 saturated carbocycles. The zero-order valence-corrected chi connectivity index (χ0v) is 23.5. The van der Waals surface area contributed by atoms with E-state index in [0.717, 1.165) is 38.4 Å². The van der Waals surface area contributed by atoms with E-state index >= 15 is 4.39 Å². The summed E-state index contributed by atoms with van der Waals surface area (Å²) < 4.78 is 32.3. The van der Waals surface area contributed by atoms with Crippen LogP contribution in [0, 0.1) is 5.82 Å². The van der Waals surface area contributed by atoms with E-state index in [1.165, 1.54) is 12.1 Å². The van der Waals surface area contributed by atoms with Gasteiger partial charge in [0.25, 0.3) is 0 Å². The van der Waals surface area contributed by atoms with E-state index in [2.05, 4.69) is 14.9 Å². The Morgan fingerprint density at radius 2 is 1.81 bits per heavy atom. The summed E-state index contributed by atoms with van der Waals surface area (Å²) in [7, 11) is 0. The van der Waals surface area contributed by atoms with E-state index in [9.17, 15) is 9.59 Å². The summed E-state index contributed by atoms with van der Waals surface area (Å²) in [6.07, 6.45) is 7.00. The fraction of sp³-hybridized carbons (Fsp3) is 0.235. The summed E-state index contributed by atoms with van der Waals surface area (Å²) in [5.41, 5.74) is 2.45. The molecule has 6 rings (SSSR count). The van der Waals surface area contributed by atoms with Gasteiger partial charge in [-0.3, -0.25) is 19.5 Å². The number of ether oxygens (including phenoxy) is 3. The summed E-state index contributed by atoms with van der Waals surface area (Å²) in [5, 5.41) is 0.603. The molecule has 1 fully saturated rings. The van der Waals surface area contributed by atoms with Gasteiger partial charge in [0, 0.05) is 50.1 Å². The maximum atomic E-state index is 15.2. The van der Waals surface area contributed by atoms with Gasteiger partial charge in [-0.1, -0.05) is 48.6 Å². The molecule has 2 aliphatic rings. The standard InChI is InChI=1S/C34H30FN3O5/c35-28-19-23(20-30(39)26-8-4-7-25(34(26)40)24-5-2-1-3-6-24)9-10-32(28)43-31-11-12-36-29-21-33(37-22-27(29)31)42-18-15-38-13-16-41-17-14-38/h1-3,5-12,19,21-22H,4,13-18,20H2. The Balaban J connectivity index is 1.10. The van der Waals surface area contributed by atoms with Crippen LogP contribution in [-0.2, 0) is 20.7 Å². The van der Waals surface area contributed by atoms with E-state index in [4.69, 9.17) is 14.2 Å². The zero-order chi connectivity index (χ0) is 29.6. The second kappa shape index (κ2) is 13.1. The zero-order valence-electron chi connectivity index (χ0n) is 23.5. The van der Waals surface area contributed by atoms with E-state index < -0.39 is 5.82 Å². The second-order valence-corrected chi connectivity index (χ2v) is 10.3. The van der Waals surface area contributed by atoms with Crippen LogP contribution in [0.15, 0.2) is 90.8 Å². The Kier molecular flexibility index (Phi) is 8.62.